The monoisotopic (exact) mass is 313 g/mol. The zero-order chi connectivity index (χ0) is 16.3. The maximum Gasteiger partial charge on any atom is 0.387 e. The van der Waals surface area contributed by atoms with Crippen molar-refractivity contribution in [3.05, 3.63) is 29.8 Å². The maximum atomic E-state index is 12.4. The van der Waals surface area contributed by atoms with Crippen molar-refractivity contribution in [3.63, 3.8) is 0 Å². The van der Waals surface area contributed by atoms with E-state index in [1.54, 1.807) is 6.07 Å². The van der Waals surface area contributed by atoms with Crippen LogP contribution in [0.5, 0.6) is 5.75 Å². The van der Waals surface area contributed by atoms with E-state index in [1.807, 2.05) is 0 Å². The second kappa shape index (κ2) is 6.29. The number of alkyl halides is 2. The van der Waals surface area contributed by atoms with E-state index in [2.05, 4.69) is 4.74 Å². The third-order valence-corrected chi connectivity index (χ3v) is 3.93. The van der Waals surface area contributed by atoms with Gasteiger partial charge in [-0.1, -0.05) is 18.2 Å². The van der Waals surface area contributed by atoms with E-state index in [0.29, 0.717) is 24.9 Å². The van der Waals surface area contributed by atoms with Gasteiger partial charge in [0.2, 0.25) is 5.91 Å². The first-order valence-electron chi connectivity index (χ1n) is 6.91. The van der Waals surface area contributed by atoms with Crippen LogP contribution in [-0.4, -0.2) is 40.6 Å². The van der Waals surface area contributed by atoms with Crippen LogP contribution in [0.15, 0.2) is 24.3 Å². The molecule has 5 nitrogen and oxygen atoms in total. The molecule has 22 heavy (non-hydrogen) atoms. The van der Waals surface area contributed by atoms with Gasteiger partial charge in [-0.3, -0.25) is 4.79 Å². The van der Waals surface area contributed by atoms with Gasteiger partial charge >= 0.3 is 12.6 Å². The second-order valence-corrected chi connectivity index (χ2v) is 5.39. The summed E-state index contributed by atoms with van der Waals surface area (Å²) in [6.07, 6.45) is 0.804. The fourth-order valence-electron chi connectivity index (χ4n) is 2.70. The molecule has 0 bridgehead atoms. The molecule has 1 atom stereocenters. The lowest BCUT2D eigenvalue weighted by Crippen LogP contribution is -2.51. The number of carbonyl (C=O) groups excluding carboxylic acids is 1. The molecule has 0 aliphatic carbocycles. The van der Waals surface area contributed by atoms with Crippen LogP contribution < -0.4 is 4.74 Å². The molecule has 7 heteroatoms. The molecule has 0 aromatic heterocycles. The number of hydrogen-bond acceptors (Lipinski definition) is 3. The Hall–Kier alpha value is -2.18. The third-order valence-electron chi connectivity index (χ3n) is 3.93. The van der Waals surface area contributed by atoms with Gasteiger partial charge in [-0.15, -0.1) is 0 Å². The second-order valence-electron chi connectivity index (χ2n) is 5.39. The molecule has 1 aromatic carbocycles. The number of benzene rings is 1. The van der Waals surface area contributed by atoms with Crippen LogP contribution in [0.25, 0.3) is 0 Å². The Labute approximate surface area is 126 Å². The van der Waals surface area contributed by atoms with Crippen molar-refractivity contribution in [2.75, 3.05) is 6.54 Å². The zero-order valence-electron chi connectivity index (χ0n) is 12.1. The number of carbonyl (C=O) groups is 2. The number of nitrogens with zero attached hydrogens (tertiary/aromatic N) is 1. The van der Waals surface area contributed by atoms with Crippen LogP contribution in [0.1, 0.15) is 25.3 Å². The fraction of sp³-hybridized carbons (Fsp3) is 0.467. The van der Waals surface area contributed by atoms with Crippen molar-refractivity contribution >= 4 is 11.9 Å². The van der Waals surface area contributed by atoms with E-state index < -0.39 is 24.0 Å². The first-order chi connectivity index (χ1) is 10.3. The highest BCUT2D eigenvalue weighted by Gasteiger charge is 2.45. The van der Waals surface area contributed by atoms with Gasteiger partial charge in [-0.25, -0.2) is 4.79 Å². The van der Waals surface area contributed by atoms with Gasteiger partial charge in [-0.05, 0) is 25.8 Å². The number of ether oxygens (including phenoxy) is 1. The van der Waals surface area contributed by atoms with E-state index in [4.69, 9.17) is 0 Å². The predicted octanol–water partition coefficient (Wildman–Crippen LogP) is 2.30. The molecule has 1 unspecified atom stereocenters. The Balaban J connectivity index is 2.17. The number of amides is 1. The number of hydrogen-bond donors (Lipinski definition) is 1. The molecule has 0 saturated carbocycles. The number of para-hydroxylation sites is 1. The molecular formula is C15H17F2NO4. The summed E-state index contributed by atoms with van der Waals surface area (Å²) in [5.74, 6) is -1.54. The van der Waals surface area contributed by atoms with Gasteiger partial charge in [0.1, 0.15) is 11.3 Å². The summed E-state index contributed by atoms with van der Waals surface area (Å²) in [4.78, 5) is 25.1. The van der Waals surface area contributed by atoms with Crippen molar-refractivity contribution in [2.45, 2.75) is 38.3 Å². The van der Waals surface area contributed by atoms with E-state index in [9.17, 15) is 23.5 Å². The molecule has 1 aliphatic rings. The lowest BCUT2D eigenvalue weighted by molar-refractivity contribution is -0.155. The van der Waals surface area contributed by atoms with Crippen LogP contribution in [0.3, 0.4) is 0 Å². The summed E-state index contributed by atoms with van der Waals surface area (Å²) in [6.45, 7) is -1.13. The summed E-state index contributed by atoms with van der Waals surface area (Å²) < 4.78 is 29.1. The molecule has 0 radical (unpaired) electrons. The Kier molecular flexibility index (Phi) is 4.63. The minimum Gasteiger partial charge on any atom is -0.480 e. The summed E-state index contributed by atoms with van der Waals surface area (Å²) >= 11 is 0. The van der Waals surface area contributed by atoms with Crippen molar-refractivity contribution in [2.24, 2.45) is 0 Å². The summed E-state index contributed by atoms with van der Waals surface area (Å²) in [5.41, 5.74) is -0.928. The fourth-order valence-corrected chi connectivity index (χ4v) is 2.70. The Morgan fingerprint density at radius 2 is 2.09 bits per heavy atom. The SMILES string of the molecule is CC1(C(=O)O)CCCN1C(=O)Cc1ccccc1OC(F)F. The smallest absolute Gasteiger partial charge is 0.387 e. The van der Waals surface area contributed by atoms with Crippen molar-refractivity contribution in [1.82, 2.24) is 4.90 Å². The van der Waals surface area contributed by atoms with Crippen LogP contribution in [0.4, 0.5) is 8.78 Å². The van der Waals surface area contributed by atoms with Crippen molar-refractivity contribution in [1.29, 1.82) is 0 Å². The molecule has 1 saturated heterocycles. The van der Waals surface area contributed by atoms with Gasteiger partial charge in [0.15, 0.2) is 0 Å². The third kappa shape index (κ3) is 3.18. The normalized spacial score (nSPS) is 21.2. The topological polar surface area (TPSA) is 66.8 Å². The lowest BCUT2D eigenvalue weighted by atomic mass is 9.98. The standard InChI is InChI=1S/C15H17F2NO4/c1-15(13(20)21)7-4-8-18(15)12(19)9-10-5-2-3-6-11(10)22-14(16)17/h2-3,5-6,14H,4,7-9H2,1H3,(H,20,21). The molecule has 1 amide bonds. The Morgan fingerprint density at radius 1 is 1.41 bits per heavy atom. The maximum absolute atomic E-state index is 12.4. The number of likely N-dealkylation sites (tertiary alicyclic amines) is 1. The number of halogens is 2. The molecule has 120 valence electrons. The molecule has 1 aromatic rings. The molecule has 1 fully saturated rings. The zero-order valence-corrected chi connectivity index (χ0v) is 12.1. The van der Waals surface area contributed by atoms with Crippen molar-refractivity contribution < 1.29 is 28.2 Å². The van der Waals surface area contributed by atoms with E-state index in [0.717, 1.165) is 0 Å². The van der Waals surface area contributed by atoms with Gasteiger partial charge in [0, 0.05) is 12.1 Å². The highest BCUT2D eigenvalue weighted by molar-refractivity contribution is 5.88. The molecular weight excluding hydrogens is 296 g/mol. The highest BCUT2D eigenvalue weighted by atomic mass is 19.3. The molecule has 0 spiro atoms. The average molecular weight is 313 g/mol. The molecule has 1 heterocycles. The number of rotatable bonds is 5. The number of carboxylic acids is 1. The number of aliphatic carboxylic acids is 1. The predicted molar refractivity (Wildman–Crippen MR) is 73.8 cm³/mol. The largest absolute Gasteiger partial charge is 0.480 e. The Bertz CT molecular complexity index is 578. The van der Waals surface area contributed by atoms with Crippen molar-refractivity contribution in [3.8, 4) is 5.75 Å². The van der Waals surface area contributed by atoms with Crippen LogP contribution in [0.2, 0.25) is 0 Å². The minimum atomic E-state index is -2.98. The van der Waals surface area contributed by atoms with E-state index in [1.165, 1.54) is 30.0 Å². The first-order valence-corrected chi connectivity index (χ1v) is 6.91. The van der Waals surface area contributed by atoms with Gasteiger partial charge in [0.25, 0.3) is 0 Å². The molecule has 1 N–H and O–H groups in total. The molecule has 2 rings (SSSR count). The number of carboxylic acid groups (broad SMARTS) is 1. The van der Waals surface area contributed by atoms with Crippen LogP contribution in [-0.2, 0) is 16.0 Å². The van der Waals surface area contributed by atoms with Gasteiger partial charge in [0.05, 0.1) is 6.42 Å². The molecule has 1 aliphatic heterocycles. The lowest BCUT2D eigenvalue weighted by Gasteiger charge is -2.31. The Morgan fingerprint density at radius 3 is 2.73 bits per heavy atom. The quantitative estimate of drug-likeness (QED) is 0.906. The van der Waals surface area contributed by atoms with Crippen LogP contribution >= 0.6 is 0 Å². The first kappa shape index (κ1) is 16.2. The van der Waals surface area contributed by atoms with Gasteiger partial charge in [-0.2, -0.15) is 8.78 Å². The average Bonchev–Trinajstić information content (AvgIpc) is 2.84. The van der Waals surface area contributed by atoms with Crippen LogP contribution in [0, 0.1) is 0 Å². The van der Waals surface area contributed by atoms with E-state index >= 15 is 0 Å². The highest BCUT2D eigenvalue weighted by Crippen LogP contribution is 2.31. The summed E-state index contributed by atoms with van der Waals surface area (Å²) in [6, 6.07) is 6.02. The van der Waals surface area contributed by atoms with Gasteiger partial charge < -0.3 is 14.7 Å². The minimum absolute atomic E-state index is 0.0675. The summed E-state index contributed by atoms with van der Waals surface area (Å²) in [7, 11) is 0. The van der Waals surface area contributed by atoms with E-state index in [-0.39, 0.29) is 12.2 Å². The summed E-state index contributed by atoms with van der Waals surface area (Å²) in [5, 5.41) is 9.31.